The van der Waals surface area contributed by atoms with Gasteiger partial charge in [0.15, 0.2) is 0 Å². The number of amides is 1. The van der Waals surface area contributed by atoms with Gasteiger partial charge < -0.3 is 14.6 Å². The summed E-state index contributed by atoms with van der Waals surface area (Å²) in [6.45, 7) is 1.51. The molecule has 1 atom stereocenters. The highest BCUT2D eigenvalue weighted by atomic mass is 16.5. The van der Waals surface area contributed by atoms with Crippen LogP contribution in [0.2, 0.25) is 0 Å². The number of hydrogen-bond donors (Lipinski definition) is 1. The van der Waals surface area contributed by atoms with Gasteiger partial charge in [-0.1, -0.05) is 0 Å². The third-order valence-electron chi connectivity index (χ3n) is 2.22. The maximum atomic E-state index is 11.5. The average molecular weight is 250 g/mol. The summed E-state index contributed by atoms with van der Waals surface area (Å²) in [7, 11) is 1.26. The molecule has 1 rings (SSSR count). The van der Waals surface area contributed by atoms with Crippen LogP contribution in [0.25, 0.3) is 0 Å². The van der Waals surface area contributed by atoms with Crippen molar-refractivity contribution < 1.29 is 14.3 Å². The van der Waals surface area contributed by atoms with Crippen molar-refractivity contribution in [1.29, 1.82) is 5.26 Å². The van der Waals surface area contributed by atoms with Crippen molar-refractivity contribution in [2.75, 3.05) is 7.11 Å². The first-order valence-corrected chi connectivity index (χ1v) is 5.29. The molecule has 1 unspecified atom stereocenters. The first-order chi connectivity index (χ1) is 8.56. The molecule has 0 spiro atoms. The maximum absolute atomic E-state index is 11.5. The van der Waals surface area contributed by atoms with Crippen LogP contribution < -0.4 is 5.32 Å². The highest BCUT2D eigenvalue weighted by Crippen LogP contribution is 2.02. The molecule has 18 heavy (non-hydrogen) atoms. The van der Waals surface area contributed by atoms with E-state index in [4.69, 9.17) is 5.26 Å². The molecule has 0 aliphatic carbocycles. The fourth-order valence-electron chi connectivity index (χ4n) is 1.47. The smallest absolute Gasteiger partial charge is 0.328 e. The lowest BCUT2D eigenvalue weighted by molar-refractivity contribution is -0.144. The predicted octanol–water partition coefficient (Wildman–Crippen LogP) is -0.373. The van der Waals surface area contributed by atoms with E-state index in [2.05, 4.69) is 15.0 Å². The van der Waals surface area contributed by atoms with E-state index >= 15 is 0 Å². The largest absolute Gasteiger partial charge is 0.467 e. The van der Waals surface area contributed by atoms with Crippen molar-refractivity contribution in [1.82, 2.24) is 14.9 Å². The summed E-state index contributed by atoms with van der Waals surface area (Å²) in [5.41, 5.74) is 0.606. The monoisotopic (exact) mass is 250 g/mol. The first kappa shape index (κ1) is 13.7. The van der Waals surface area contributed by atoms with Crippen LogP contribution in [0.1, 0.15) is 12.6 Å². The first-order valence-electron chi connectivity index (χ1n) is 5.29. The van der Waals surface area contributed by atoms with Gasteiger partial charge in [-0.25, -0.2) is 9.78 Å². The van der Waals surface area contributed by atoms with E-state index in [1.807, 2.05) is 6.07 Å². The average Bonchev–Trinajstić information content (AvgIpc) is 2.75. The van der Waals surface area contributed by atoms with Gasteiger partial charge in [0.25, 0.3) is 0 Å². The Hall–Kier alpha value is -2.36. The summed E-state index contributed by atoms with van der Waals surface area (Å²) < 4.78 is 6.19. The Morgan fingerprint density at radius 1 is 1.67 bits per heavy atom. The van der Waals surface area contributed by atoms with Crippen molar-refractivity contribution >= 4 is 11.9 Å². The number of ether oxygens (including phenoxy) is 1. The summed E-state index contributed by atoms with van der Waals surface area (Å²) in [5, 5.41) is 11.0. The molecule has 1 amide bonds. The zero-order valence-corrected chi connectivity index (χ0v) is 10.2. The van der Waals surface area contributed by atoms with Crippen molar-refractivity contribution in [3.63, 3.8) is 0 Å². The molecule has 7 heteroatoms. The fourth-order valence-corrected chi connectivity index (χ4v) is 1.47. The van der Waals surface area contributed by atoms with Crippen LogP contribution in [0.3, 0.4) is 0 Å². The number of nitrogens with one attached hydrogen (secondary N) is 1. The van der Waals surface area contributed by atoms with Crippen LogP contribution in [-0.4, -0.2) is 34.6 Å². The van der Waals surface area contributed by atoms with Crippen LogP contribution >= 0.6 is 0 Å². The molecule has 0 radical (unpaired) electrons. The number of rotatable bonds is 5. The zero-order valence-electron chi connectivity index (χ0n) is 10.2. The second-order valence-corrected chi connectivity index (χ2v) is 3.68. The minimum Gasteiger partial charge on any atom is -0.467 e. The summed E-state index contributed by atoms with van der Waals surface area (Å²) in [6, 6.07) is 1.21. The van der Waals surface area contributed by atoms with Gasteiger partial charge >= 0.3 is 5.97 Å². The second kappa shape index (κ2) is 6.39. The predicted molar refractivity (Wildman–Crippen MR) is 61.2 cm³/mol. The lowest BCUT2D eigenvalue weighted by Crippen LogP contribution is -2.42. The molecule has 0 bridgehead atoms. The summed E-state index contributed by atoms with van der Waals surface area (Å²) in [6.07, 6.45) is 3.38. The molecule has 0 aromatic carbocycles. The lowest BCUT2D eigenvalue weighted by atomic mass is 10.1. The number of nitrogens with zero attached hydrogens (tertiary/aromatic N) is 3. The van der Waals surface area contributed by atoms with Crippen LogP contribution in [-0.2, 0) is 27.3 Å². The standard InChI is InChI=1S/C11H14N4O3/c1-8(16)14-10(11(17)18-2)5-9-6-15(4-3-12)7-13-9/h6-7,10H,4-5H2,1-2H3,(H,14,16). The third-order valence-corrected chi connectivity index (χ3v) is 2.22. The molecule has 0 saturated carbocycles. The molecular weight excluding hydrogens is 236 g/mol. The molecule has 0 aliphatic heterocycles. The Balaban J connectivity index is 2.72. The van der Waals surface area contributed by atoms with Gasteiger partial charge in [-0.15, -0.1) is 0 Å². The number of imidazole rings is 1. The van der Waals surface area contributed by atoms with Gasteiger partial charge in [-0.3, -0.25) is 4.79 Å². The van der Waals surface area contributed by atoms with Gasteiger partial charge in [0, 0.05) is 19.5 Å². The Kier molecular flexibility index (Phi) is 4.87. The minimum absolute atomic E-state index is 0.191. The van der Waals surface area contributed by atoms with E-state index in [1.165, 1.54) is 20.4 Å². The van der Waals surface area contributed by atoms with E-state index in [0.29, 0.717) is 5.69 Å². The van der Waals surface area contributed by atoms with Crippen LogP contribution in [0.15, 0.2) is 12.5 Å². The van der Waals surface area contributed by atoms with Crippen LogP contribution in [0.4, 0.5) is 0 Å². The van der Waals surface area contributed by atoms with Crippen molar-refractivity contribution in [2.24, 2.45) is 0 Å². The highest BCUT2D eigenvalue weighted by molar-refractivity contribution is 5.83. The molecule has 0 fully saturated rings. The lowest BCUT2D eigenvalue weighted by Gasteiger charge is -2.13. The molecule has 1 N–H and O–H groups in total. The third kappa shape index (κ3) is 3.90. The second-order valence-electron chi connectivity index (χ2n) is 3.68. The summed E-state index contributed by atoms with van der Waals surface area (Å²) in [5.74, 6) is -0.845. The number of carbonyl (C=O) groups is 2. The molecule has 0 aliphatic rings. The van der Waals surface area contributed by atoms with Gasteiger partial charge in [-0.2, -0.15) is 5.26 Å². The number of methoxy groups -OCH3 is 1. The Morgan fingerprint density at radius 3 is 2.94 bits per heavy atom. The summed E-state index contributed by atoms with van der Waals surface area (Å²) >= 11 is 0. The topological polar surface area (TPSA) is 97.0 Å². The van der Waals surface area contributed by atoms with E-state index in [-0.39, 0.29) is 18.9 Å². The van der Waals surface area contributed by atoms with E-state index < -0.39 is 12.0 Å². The van der Waals surface area contributed by atoms with E-state index in [0.717, 1.165) is 0 Å². The molecule has 7 nitrogen and oxygen atoms in total. The molecule has 1 heterocycles. The molecule has 0 saturated heterocycles. The maximum Gasteiger partial charge on any atom is 0.328 e. The highest BCUT2D eigenvalue weighted by Gasteiger charge is 2.21. The van der Waals surface area contributed by atoms with Crippen LogP contribution in [0.5, 0.6) is 0 Å². The Labute approximate surface area is 104 Å². The van der Waals surface area contributed by atoms with Crippen molar-refractivity contribution in [2.45, 2.75) is 25.9 Å². The minimum atomic E-state index is -0.766. The number of nitriles is 1. The Morgan fingerprint density at radius 2 is 2.39 bits per heavy atom. The fraction of sp³-hybridized carbons (Fsp3) is 0.455. The molecule has 1 aromatic rings. The normalized spacial score (nSPS) is 11.4. The van der Waals surface area contributed by atoms with Crippen molar-refractivity contribution in [3.05, 3.63) is 18.2 Å². The van der Waals surface area contributed by atoms with E-state index in [1.54, 1.807) is 10.8 Å². The van der Waals surface area contributed by atoms with Crippen molar-refractivity contribution in [3.8, 4) is 6.07 Å². The molecule has 96 valence electrons. The van der Waals surface area contributed by atoms with E-state index in [9.17, 15) is 9.59 Å². The zero-order chi connectivity index (χ0) is 13.5. The summed E-state index contributed by atoms with van der Waals surface area (Å²) in [4.78, 5) is 26.5. The molecule has 1 aromatic heterocycles. The molecular formula is C11H14N4O3. The van der Waals surface area contributed by atoms with Crippen LogP contribution in [0, 0.1) is 11.3 Å². The number of hydrogen-bond acceptors (Lipinski definition) is 5. The van der Waals surface area contributed by atoms with Gasteiger partial charge in [0.2, 0.25) is 5.91 Å². The number of aromatic nitrogens is 2. The van der Waals surface area contributed by atoms with Gasteiger partial charge in [-0.05, 0) is 0 Å². The quantitative estimate of drug-likeness (QED) is 0.719. The van der Waals surface area contributed by atoms with Gasteiger partial charge in [0.1, 0.15) is 12.6 Å². The number of esters is 1. The van der Waals surface area contributed by atoms with Gasteiger partial charge in [0.05, 0.1) is 25.2 Å². The SMILES string of the molecule is COC(=O)C(Cc1cn(CC#N)cn1)NC(C)=O. The number of carbonyl (C=O) groups excluding carboxylic acids is 2. The Bertz CT molecular complexity index is 475.